The average Bonchev–Trinajstić information content (AvgIpc) is 2.03. The largest absolute Gasteiger partial charge is 0.464 e. The van der Waals surface area contributed by atoms with Gasteiger partial charge < -0.3 is 10.5 Å². The molecule has 1 aromatic heterocycles. The molecule has 0 amide bonds. The van der Waals surface area contributed by atoms with Gasteiger partial charge in [0.15, 0.2) is 5.69 Å². The Bertz CT molecular complexity index is 314. The minimum absolute atomic E-state index is 0.0895. The van der Waals surface area contributed by atoms with Crippen molar-refractivity contribution in [2.75, 3.05) is 12.8 Å². The van der Waals surface area contributed by atoms with Crippen LogP contribution in [-0.2, 0) is 4.74 Å². The first-order valence-corrected chi connectivity index (χ1v) is 3.24. The average molecular weight is 162 g/mol. The van der Waals surface area contributed by atoms with Gasteiger partial charge in [-0.15, -0.1) is 0 Å². The number of anilines is 1. The van der Waals surface area contributed by atoms with Gasteiger partial charge in [0, 0.05) is 6.20 Å². The Kier molecular flexibility index (Phi) is 2.33. The number of nitrogen functional groups attached to an aromatic ring is 1. The predicted octanol–water partition coefficient (Wildman–Crippen LogP) is -0.756. The summed E-state index contributed by atoms with van der Waals surface area (Å²) in [6.45, 7) is 0. The fourth-order valence-corrected chi connectivity index (χ4v) is 0.766. The van der Waals surface area contributed by atoms with E-state index in [1.54, 1.807) is 0 Å². The molecular formula is C7H7BN2O2. The fourth-order valence-electron chi connectivity index (χ4n) is 0.766. The third-order valence-electron chi connectivity index (χ3n) is 1.32. The smallest absolute Gasteiger partial charge is 0.358 e. The highest BCUT2D eigenvalue weighted by molar-refractivity contribution is 6.32. The second-order valence-corrected chi connectivity index (χ2v) is 2.20. The van der Waals surface area contributed by atoms with Crippen LogP contribution in [0.25, 0.3) is 0 Å². The molecule has 0 aliphatic rings. The van der Waals surface area contributed by atoms with E-state index >= 15 is 0 Å². The Balaban J connectivity index is 3.09. The van der Waals surface area contributed by atoms with Gasteiger partial charge in [-0.05, 0) is 6.07 Å². The molecule has 0 saturated heterocycles. The van der Waals surface area contributed by atoms with Crippen molar-refractivity contribution >= 4 is 25.0 Å². The first-order chi connectivity index (χ1) is 5.65. The van der Waals surface area contributed by atoms with E-state index in [0.717, 1.165) is 0 Å². The molecule has 0 aliphatic carbocycles. The molecule has 2 N–H and O–H groups in total. The first-order valence-electron chi connectivity index (χ1n) is 3.24. The lowest BCUT2D eigenvalue weighted by atomic mass is 9.98. The van der Waals surface area contributed by atoms with Gasteiger partial charge in [0.2, 0.25) is 0 Å². The zero-order valence-corrected chi connectivity index (χ0v) is 6.57. The highest BCUT2D eigenvalue weighted by atomic mass is 16.5. The maximum Gasteiger partial charge on any atom is 0.358 e. The van der Waals surface area contributed by atoms with Gasteiger partial charge in [0.25, 0.3) is 0 Å². The van der Waals surface area contributed by atoms with Crippen LogP contribution in [0, 0.1) is 0 Å². The molecule has 2 radical (unpaired) electrons. The Morgan fingerprint density at radius 1 is 1.75 bits per heavy atom. The van der Waals surface area contributed by atoms with Crippen molar-refractivity contribution in [3.05, 3.63) is 18.0 Å². The number of esters is 1. The summed E-state index contributed by atoms with van der Waals surface area (Å²) in [6, 6.07) is 1.46. The fraction of sp³-hybridized carbons (Fsp3) is 0.143. The van der Waals surface area contributed by atoms with Crippen LogP contribution in [-0.4, -0.2) is 25.9 Å². The van der Waals surface area contributed by atoms with Crippen LogP contribution in [0.2, 0.25) is 0 Å². The van der Waals surface area contributed by atoms with Crippen LogP contribution in [0.3, 0.4) is 0 Å². The maximum absolute atomic E-state index is 10.9. The molecule has 0 aromatic carbocycles. The van der Waals surface area contributed by atoms with Gasteiger partial charge in [-0.3, -0.25) is 0 Å². The van der Waals surface area contributed by atoms with E-state index in [1.165, 1.54) is 19.4 Å². The summed E-state index contributed by atoms with van der Waals surface area (Å²) < 4.78 is 4.43. The normalized spacial score (nSPS) is 9.42. The number of carbonyl (C=O) groups excluding carboxylic acids is 1. The lowest BCUT2D eigenvalue weighted by Gasteiger charge is -2.02. The summed E-state index contributed by atoms with van der Waals surface area (Å²) in [5, 5.41) is 0. The summed E-state index contributed by atoms with van der Waals surface area (Å²) in [7, 11) is 6.64. The number of rotatable bonds is 1. The SMILES string of the molecule is [B]c1cnc(C(=O)OC)c(N)c1. The number of carbonyl (C=O) groups is 1. The van der Waals surface area contributed by atoms with Gasteiger partial charge in [0.1, 0.15) is 7.85 Å². The molecule has 0 unspecified atom stereocenters. The molecule has 4 nitrogen and oxygen atoms in total. The zero-order valence-electron chi connectivity index (χ0n) is 6.57. The molecule has 0 spiro atoms. The van der Waals surface area contributed by atoms with Crippen LogP contribution in [0.4, 0.5) is 5.69 Å². The summed E-state index contributed by atoms with van der Waals surface area (Å²) in [4.78, 5) is 14.7. The van der Waals surface area contributed by atoms with Gasteiger partial charge in [-0.25, -0.2) is 9.78 Å². The zero-order chi connectivity index (χ0) is 9.14. The Morgan fingerprint density at radius 2 is 2.42 bits per heavy atom. The van der Waals surface area contributed by atoms with Crippen molar-refractivity contribution in [2.24, 2.45) is 0 Å². The second-order valence-electron chi connectivity index (χ2n) is 2.20. The molecule has 12 heavy (non-hydrogen) atoms. The van der Waals surface area contributed by atoms with Crippen LogP contribution < -0.4 is 11.2 Å². The highest BCUT2D eigenvalue weighted by Gasteiger charge is 2.10. The number of methoxy groups -OCH3 is 1. The number of pyridine rings is 1. The molecule has 60 valence electrons. The minimum atomic E-state index is -0.563. The van der Waals surface area contributed by atoms with Crippen molar-refractivity contribution in [1.29, 1.82) is 0 Å². The summed E-state index contributed by atoms with van der Waals surface area (Å²) in [6.07, 6.45) is 1.35. The predicted molar refractivity (Wildman–Crippen MR) is 45.4 cm³/mol. The van der Waals surface area contributed by atoms with Crippen molar-refractivity contribution < 1.29 is 9.53 Å². The Labute approximate surface area is 71.1 Å². The van der Waals surface area contributed by atoms with E-state index in [4.69, 9.17) is 13.6 Å². The third kappa shape index (κ3) is 1.55. The third-order valence-corrected chi connectivity index (χ3v) is 1.32. The Morgan fingerprint density at radius 3 is 2.92 bits per heavy atom. The van der Waals surface area contributed by atoms with Gasteiger partial charge >= 0.3 is 5.97 Å². The number of nitrogens with two attached hydrogens (primary N) is 1. The standard InChI is InChI=1S/C7H7BN2O2/c1-12-7(11)6-5(9)2-4(8)3-10-6/h2-3H,9H2,1H3. The summed E-state index contributed by atoms with van der Waals surface area (Å²) >= 11 is 0. The molecule has 1 rings (SSSR count). The van der Waals surface area contributed by atoms with E-state index < -0.39 is 5.97 Å². The number of ether oxygens (including phenoxy) is 1. The van der Waals surface area contributed by atoms with Crippen LogP contribution in [0.15, 0.2) is 12.3 Å². The molecular weight excluding hydrogens is 155 g/mol. The summed E-state index contributed by atoms with van der Waals surface area (Å²) in [5.74, 6) is -0.563. The minimum Gasteiger partial charge on any atom is -0.464 e. The number of hydrogen-bond acceptors (Lipinski definition) is 4. The molecule has 0 bridgehead atoms. The molecule has 0 atom stereocenters. The number of hydrogen-bond donors (Lipinski definition) is 1. The van der Waals surface area contributed by atoms with Crippen LogP contribution >= 0.6 is 0 Å². The van der Waals surface area contributed by atoms with Crippen LogP contribution in [0.1, 0.15) is 10.5 Å². The van der Waals surface area contributed by atoms with E-state index in [0.29, 0.717) is 5.46 Å². The van der Waals surface area contributed by atoms with Gasteiger partial charge in [-0.2, -0.15) is 0 Å². The lowest BCUT2D eigenvalue weighted by Crippen LogP contribution is -2.13. The molecule has 0 aliphatic heterocycles. The monoisotopic (exact) mass is 162 g/mol. The molecule has 0 fully saturated rings. The molecule has 1 heterocycles. The van der Waals surface area contributed by atoms with Gasteiger partial charge in [0.05, 0.1) is 12.8 Å². The molecule has 1 aromatic rings. The van der Waals surface area contributed by atoms with Crippen LogP contribution in [0.5, 0.6) is 0 Å². The topological polar surface area (TPSA) is 65.2 Å². The van der Waals surface area contributed by atoms with Gasteiger partial charge in [-0.1, -0.05) is 5.46 Å². The lowest BCUT2D eigenvalue weighted by molar-refractivity contribution is 0.0595. The van der Waals surface area contributed by atoms with E-state index in [2.05, 4.69) is 9.72 Å². The quantitative estimate of drug-likeness (QED) is 0.435. The van der Waals surface area contributed by atoms with E-state index in [1.807, 2.05) is 0 Å². The second kappa shape index (κ2) is 3.25. The van der Waals surface area contributed by atoms with Crippen molar-refractivity contribution in [3.8, 4) is 0 Å². The molecule has 5 heteroatoms. The van der Waals surface area contributed by atoms with Crippen molar-refractivity contribution in [2.45, 2.75) is 0 Å². The number of nitrogens with zero attached hydrogens (tertiary/aromatic N) is 1. The highest BCUT2D eigenvalue weighted by Crippen LogP contribution is 2.05. The number of aromatic nitrogens is 1. The van der Waals surface area contributed by atoms with Crippen molar-refractivity contribution in [3.63, 3.8) is 0 Å². The maximum atomic E-state index is 10.9. The summed E-state index contributed by atoms with van der Waals surface area (Å²) in [5.41, 5.74) is 6.18. The van der Waals surface area contributed by atoms with E-state index in [9.17, 15) is 4.79 Å². The molecule has 0 saturated carbocycles. The Hall–Kier alpha value is -1.52. The van der Waals surface area contributed by atoms with E-state index in [-0.39, 0.29) is 11.4 Å². The van der Waals surface area contributed by atoms with Crippen molar-refractivity contribution in [1.82, 2.24) is 4.98 Å². The first kappa shape index (κ1) is 8.58.